The molecule has 34 heavy (non-hydrogen) atoms. The maximum Gasteiger partial charge on any atom is 0.194 e. The van der Waals surface area contributed by atoms with Gasteiger partial charge in [0.05, 0.1) is 0 Å². The van der Waals surface area contributed by atoms with E-state index in [0.29, 0.717) is 10.8 Å². The van der Waals surface area contributed by atoms with Gasteiger partial charge in [0.15, 0.2) is 10.9 Å². The maximum absolute atomic E-state index is 13.5. The molecule has 0 aromatic heterocycles. The molecule has 0 bridgehead atoms. The smallest absolute Gasteiger partial charge is 0.194 e. The highest BCUT2D eigenvalue weighted by atomic mass is 16.1. The van der Waals surface area contributed by atoms with Crippen LogP contribution in [0.1, 0.15) is 0 Å². The lowest BCUT2D eigenvalue weighted by atomic mass is 9.92. The van der Waals surface area contributed by atoms with Gasteiger partial charge in [-0.15, -0.1) is 0 Å². The number of fused-ring (bicyclic) bond motifs is 14. The standard InChI is InChI=1S/C32H14O2/c33-31-27-11-21-17-7-3-1-5-15(17)19(21)9-23(27)25-13-30-26(14-29(25)31)24-10-20-16-6-2-4-8-18(16)22(20)12-28(24)32(30)34/h1-14H. The zero-order chi connectivity index (χ0) is 22.3. The molecule has 154 valence electrons. The minimum Gasteiger partial charge on any atom is -0.289 e. The van der Waals surface area contributed by atoms with Crippen LogP contribution in [-0.4, -0.2) is 0 Å². The molecule has 0 amide bonds. The highest BCUT2D eigenvalue weighted by Crippen LogP contribution is 2.42. The second-order valence-electron chi connectivity index (χ2n) is 9.58. The summed E-state index contributed by atoms with van der Waals surface area (Å²) in [6, 6.07) is 28.9. The first kappa shape index (κ1) is 17.0. The molecule has 0 aliphatic rings. The summed E-state index contributed by atoms with van der Waals surface area (Å²) in [6.07, 6.45) is 0. The number of benzene rings is 5. The second kappa shape index (κ2) is 5.32. The van der Waals surface area contributed by atoms with E-state index in [0.717, 1.165) is 43.1 Å². The van der Waals surface area contributed by atoms with Gasteiger partial charge in [0, 0.05) is 21.5 Å². The summed E-state index contributed by atoms with van der Waals surface area (Å²) in [5.74, 6) is 0. The van der Waals surface area contributed by atoms with Gasteiger partial charge in [-0.1, -0.05) is 48.5 Å². The van der Waals surface area contributed by atoms with Crippen molar-refractivity contribution in [2.75, 3.05) is 0 Å². The minimum atomic E-state index is 0.0511. The van der Waals surface area contributed by atoms with Gasteiger partial charge < -0.3 is 0 Å². The van der Waals surface area contributed by atoms with Crippen molar-refractivity contribution in [1.82, 2.24) is 0 Å². The molecule has 0 unspecified atom stereocenters. The molecule has 0 aliphatic heterocycles. The number of hydrogen-bond donors (Lipinski definition) is 0. The van der Waals surface area contributed by atoms with Gasteiger partial charge >= 0.3 is 0 Å². The Morgan fingerprint density at radius 2 is 0.471 bits per heavy atom. The lowest BCUT2D eigenvalue weighted by Gasteiger charge is -2.11. The lowest BCUT2D eigenvalue weighted by Crippen LogP contribution is -1.96. The Morgan fingerprint density at radius 3 is 0.735 bits per heavy atom. The molecule has 0 saturated carbocycles. The van der Waals surface area contributed by atoms with Crippen molar-refractivity contribution in [2.45, 2.75) is 0 Å². The predicted octanol–water partition coefficient (Wildman–Crippen LogP) is 7.38. The summed E-state index contributed by atoms with van der Waals surface area (Å²) in [5.41, 5.74) is 0.102. The Kier molecular flexibility index (Phi) is 2.66. The van der Waals surface area contributed by atoms with Crippen LogP contribution in [0.15, 0.2) is 94.5 Å². The molecule has 0 fully saturated rings. The summed E-state index contributed by atoms with van der Waals surface area (Å²) < 4.78 is 0. The quantitative estimate of drug-likeness (QED) is 0.251. The van der Waals surface area contributed by atoms with Gasteiger partial charge in [-0.25, -0.2) is 0 Å². The van der Waals surface area contributed by atoms with E-state index in [1.165, 1.54) is 32.3 Å². The third-order valence-corrected chi connectivity index (χ3v) is 8.05. The van der Waals surface area contributed by atoms with Gasteiger partial charge in [-0.2, -0.15) is 0 Å². The van der Waals surface area contributed by atoms with Crippen molar-refractivity contribution < 1.29 is 0 Å². The molecule has 0 heterocycles. The summed E-state index contributed by atoms with van der Waals surface area (Å²) in [7, 11) is 0. The fourth-order valence-electron chi connectivity index (χ4n) is 6.40. The van der Waals surface area contributed by atoms with Crippen LogP contribution in [0.4, 0.5) is 0 Å². The first-order valence-corrected chi connectivity index (χ1v) is 11.5. The molecule has 0 radical (unpaired) electrons. The molecule has 9 aromatic carbocycles. The third kappa shape index (κ3) is 1.73. The van der Waals surface area contributed by atoms with E-state index in [1.807, 2.05) is 48.5 Å². The van der Waals surface area contributed by atoms with E-state index >= 15 is 0 Å². The average Bonchev–Trinajstić information content (AvgIpc) is 3.29. The number of hydrogen-bond acceptors (Lipinski definition) is 2. The summed E-state index contributed by atoms with van der Waals surface area (Å²) in [5, 5.41) is 16.0. The van der Waals surface area contributed by atoms with Crippen LogP contribution in [0.5, 0.6) is 0 Å². The molecule has 2 nitrogen and oxygen atoms in total. The van der Waals surface area contributed by atoms with Crippen molar-refractivity contribution in [3.8, 4) is 0 Å². The van der Waals surface area contributed by atoms with Gasteiger partial charge in [-0.05, 0) is 101 Å². The van der Waals surface area contributed by atoms with Crippen molar-refractivity contribution in [2.24, 2.45) is 0 Å². The monoisotopic (exact) mass is 430 g/mol. The summed E-state index contributed by atoms with van der Waals surface area (Å²) in [4.78, 5) is 27.0. The fourth-order valence-corrected chi connectivity index (χ4v) is 6.40. The van der Waals surface area contributed by atoms with Crippen LogP contribution in [-0.2, 0) is 0 Å². The van der Waals surface area contributed by atoms with Crippen molar-refractivity contribution >= 4 is 86.2 Å². The Bertz CT molecular complexity index is 2240. The molecule has 2 heteroatoms. The van der Waals surface area contributed by atoms with Crippen molar-refractivity contribution in [1.29, 1.82) is 0 Å². The van der Waals surface area contributed by atoms with Crippen LogP contribution in [0.25, 0.3) is 86.2 Å². The van der Waals surface area contributed by atoms with Gasteiger partial charge in [0.25, 0.3) is 0 Å². The highest BCUT2D eigenvalue weighted by molar-refractivity contribution is 6.33. The molecule has 0 atom stereocenters. The van der Waals surface area contributed by atoms with Crippen molar-refractivity contribution in [3.63, 3.8) is 0 Å². The Morgan fingerprint density at radius 1 is 0.265 bits per heavy atom. The van der Waals surface area contributed by atoms with Gasteiger partial charge in [0.2, 0.25) is 0 Å². The molecule has 0 N–H and O–H groups in total. The molecular weight excluding hydrogens is 416 g/mol. The lowest BCUT2D eigenvalue weighted by molar-refractivity contribution is 1.80. The number of rotatable bonds is 0. The second-order valence-corrected chi connectivity index (χ2v) is 9.58. The van der Waals surface area contributed by atoms with Gasteiger partial charge in [0.1, 0.15) is 0 Å². The van der Waals surface area contributed by atoms with E-state index in [1.54, 1.807) is 0 Å². The minimum absolute atomic E-state index is 0.0511. The zero-order valence-electron chi connectivity index (χ0n) is 17.9. The van der Waals surface area contributed by atoms with E-state index in [2.05, 4.69) is 36.4 Å². The SMILES string of the molecule is O=c1c2cc3c(cc2c2cc4c5ccccc5c4cc12)c(=O)c1cc2c4ccccc4c2cc13. The van der Waals surface area contributed by atoms with Crippen LogP contribution < -0.4 is 10.9 Å². The van der Waals surface area contributed by atoms with E-state index in [9.17, 15) is 9.59 Å². The van der Waals surface area contributed by atoms with E-state index in [4.69, 9.17) is 0 Å². The van der Waals surface area contributed by atoms with E-state index < -0.39 is 0 Å². The zero-order valence-corrected chi connectivity index (χ0v) is 17.9. The fraction of sp³-hybridized carbons (Fsp3) is 0. The van der Waals surface area contributed by atoms with Crippen molar-refractivity contribution in [3.05, 3.63) is 105 Å². The van der Waals surface area contributed by atoms with Gasteiger partial charge in [-0.3, -0.25) is 9.59 Å². The predicted molar refractivity (Wildman–Crippen MR) is 144 cm³/mol. The summed E-state index contributed by atoms with van der Waals surface area (Å²) in [6.45, 7) is 0. The van der Waals surface area contributed by atoms with Crippen LogP contribution >= 0.6 is 0 Å². The van der Waals surface area contributed by atoms with Crippen LogP contribution in [0.2, 0.25) is 0 Å². The van der Waals surface area contributed by atoms with Crippen LogP contribution in [0.3, 0.4) is 0 Å². The molecule has 0 saturated heterocycles. The highest BCUT2D eigenvalue weighted by Gasteiger charge is 2.20. The largest absolute Gasteiger partial charge is 0.289 e. The molecule has 9 rings (SSSR count). The first-order chi connectivity index (χ1) is 16.7. The first-order valence-electron chi connectivity index (χ1n) is 11.5. The topological polar surface area (TPSA) is 34.1 Å². The Balaban J connectivity index is 1.45. The van der Waals surface area contributed by atoms with Crippen LogP contribution in [0, 0.1) is 0 Å². The average molecular weight is 430 g/mol. The third-order valence-electron chi connectivity index (χ3n) is 8.05. The summed E-state index contributed by atoms with van der Waals surface area (Å²) >= 11 is 0. The maximum atomic E-state index is 13.5. The Labute approximate surface area is 191 Å². The normalized spacial score (nSPS) is 12.9. The molecule has 9 aromatic rings. The molecule has 0 spiro atoms. The molecular formula is C32H14O2. The molecule has 0 aliphatic carbocycles. The Hall–Kier alpha value is -4.56. The van der Waals surface area contributed by atoms with E-state index in [-0.39, 0.29) is 10.9 Å².